The van der Waals surface area contributed by atoms with Gasteiger partial charge < -0.3 is 0 Å². The van der Waals surface area contributed by atoms with Gasteiger partial charge in [0.15, 0.2) is 0 Å². The van der Waals surface area contributed by atoms with Crippen LogP contribution < -0.4 is 0 Å². The van der Waals surface area contributed by atoms with E-state index in [1.165, 1.54) is 70.6 Å². The molecule has 0 aromatic carbocycles. The first-order valence-corrected chi connectivity index (χ1v) is 11.6. The number of hydrogen-bond acceptors (Lipinski definition) is 0. The minimum Gasteiger partial charge on any atom is -0.106 e. The van der Waals surface area contributed by atoms with Crippen molar-refractivity contribution in [2.45, 2.75) is 84.5 Å². The molecule has 6 unspecified atom stereocenters. The van der Waals surface area contributed by atoms with Crippen molar-refractivity contribution in [3.63, 3.8) is 0 Å². The highest BCUT2D eigenvalue weighted by Gasteiger charge is 2.58. The van der Waals surface area contributed by atoms with Crippen LogP contribution in [0.4, 0.5) is 0 Å². The Bertz CT molecular complexity index is 658. The predicted octanol–water partition coefficient (Wildman–Crippen LogP) is 8.03. The molecule has 0 aromatic rings. The molecule has 0 N–H and O–H groups in total. The van der Waals surface area contributed by atoms with E-state index in [-0.39, 0.29) is 0 Å². The molecule has 0 spiro atoms. The first-order chi connectivity index (χ1) is 13.1. The van der Waals surface area contributed by atoms with Crippen molar-refractivity contribution in [2.75, 3.05) is 0 Å². The fourth-order valence-electron chi connectivity index (χ4n) is 7.95. The maximum atomic E-state index is 4.05. The molecule has 0 aromatic heterocycles. The Morgan fingerprint density at radius 1 is 0.963 bits per heavy atom. The highest BCUT2D eigenvalue weighted by molar-refractivity contribution is 5.41. The molecule has 0 aliphatic heterocycles. The van der Waals surface area contributed by atoms with Crippen LogP contribution in [-0.2, 0) is 0 Å². The van der Waals surface area contributed by atoms with Crippen LogP contribution in [0.15, 0.2) is 48.6 Å². The van der Waals surface area contributed by atoms with Crippen LogP contribution in [0.5, 0.6) is 0 Å². The van der Waals surface area contributed by atoms with Gasteiger partial charge >= 0.3 is 0 Å². The second-order valence-corrected chi connectivity index (χ2v) is 10.5. The van der Waals surface area contributed by atoms with E-state index in [4.69, 9.17) is 0 Å². The largest absolute Gasteiger partial charge is 0.106 e. The van der Waals surface area contributed by atoms with Gasteiger partial charge in [0.1, 0.15) is 0 Å². The molecule has 0 nitrogen and oxygen atoms in total. The fraction of sp³-hybridized carbons (Fsp3) is 0.704. The zero-order valence-electron chi connectivity index (χ0n) is 17.9. The SMILES string of the molecule is C=C.C=CCC1CCC2C3CCC4=CC(=C5CC5)CCC4(C)C3CCC12C. The Balaban J connectivity index is 0.000000872. The maximum absolute atomic E-state index is 4.05. The molecule has 0 heterocycles. The van der Waals surface area contributed by atoms with E-state index in [1.807, 2.05) is 5.57 Å². The quantitative estimate of drug-likeness (QED) is 0.435. The van der Waals surface area contributed by atoms with E-state index in [0.29, 0.717) is 10.8 Å². The molecule has 5 aliphatic carbocycles. The standard InChI is InChI=1S/C25H36.C2H4/c1-4-5-19-9-11-22-21-10-8-20-16-18(17-6-7-17)12-14-25(20,3)23(21)13-15-24(19,22)2;1-2/h4,16,19,21-23H,1,5-15H2,2-3H3;1-2H2. The first-order valence-electron chi connectivity index (χ1n) is 11.6. The van der Waals surface area contributed by atoms with E-state index in [1.54, 1.807) is 11.1 Å². The van der Waals surface area contributed by atoms with Crippen LogP contribution in [0.2, 0.25) is 0 Å². The summed E-state index contributed by atoms with van der Waals surface area (Å²) in [6, 6.07) is 0. The Kier molecular flexibility index (Phi) is 5.06. The predicted molar refractivity (Wildman–Crippen MR) is 118 cm³/mol. The lowest BCUT2D eigenvalue weighted by Gasteiger charge is -2.58. The third kappa shape index (κ3) is 2.93. The maximum Gasteiger partial charge on any atom is -0.00790 e. The van der Waals surface area contributed by atoms with Crippen molar-refractivity contribution in [2.24, 2.45) is 34.5 Å². The Morgan fingerprint density at radius 2 is 1.74 bits per heavy atom. The average molecular weight is 365 g/mol. The van der Waals surface area contributed by atoms with Crippen molar-refractivity contribution < 1.29 is 0 Å². The number of hydrogen-bond donors (Lipinski definition) is 0. The summed E-state index contributed by atoms with van der Waals surface area (Å²) < 4.78 is 0. The molecule has 27 heavy (non-hydrogen) atoms. The summed E-state index contributed by atoms with van der Waals surface area (Å²) in [7, 11) is 0. The zero-order valence-corrected chi connectivity index (χ0v) is 17.9. The van der Waals surface area contributed by atoms with Crippen molar-refractivity contribution >= 4 is 0 Å². The zero-order chi connectivity index (χ0) is 19.2. The smallest absolute Gasteiger partial charge is 0.00790 e. The number of allylic oxidation sites excluding steroid dienone is 5. The molecule has 4 saturated carbocycles. The topological polar surface area (TPSA) is 0 Å². The summed E-state index contributed by atoms with van der Waals surface area (Å²) in [5.74, 6) is 3.89. The van der Waals surface area contributed by atoms with Crippen LogP contribution in [0.3, 0.4) is 0 Å². The van der Waals surface area contributed by atoms with E-state index in [2.05, 4.69) is 45.7 Å². The van der Waals surface area contributed by atoms with Gasteiger partial charge in [0.2, 0.25) is 0 Å². The van der Waals surface area contributed by atoms with Gasteiger partial charge in [-0.3, -0.25) is 0 Å². The van der Waals surface area contributed by atoms with E-state index in [0.717, 1.165) is 23.7 Å². The Hall–Kier alpha value is -1.04. The fourth-order valence-corrected chi connectivity index (χ4v) is 7.95. The molecular weight excluding hydrogens is 324 g/mol. The summed E-state index contributed by atoms with van der Waals surface area (Å²) in [4.78, 5) is 0. The molecule has 0 saturated heterocycles. The monoisotopic (exact) mass is 364 g/mol. The molecule has 0 bridgehead atoms. The summed E-state index contributed by atoms with van der Waals surface area (Å²) in [6.07, 6.45) is 20.6. The van der Waals surface area contributed by atoms with Crippen molar-refractivity contribution in [3.05, 3.63) is 48.6 Å². The summed E-state index contributed by atoms with van der Waals surface area (Å²) in [6.45, 7) is 15.4. The normalized spacial score (nSPS) is 44.9. The minimum atomic E-state index is 0.528. The van der Waals surface area contributed by atoms with Gasteiger partial charge in [-0.15, -0.1) is 19.7 Å². The van der Waals surface area contributed by atoms with Crippen LogP contribution in [-0.4, -0.2) is 0 Å². The van der Waals surface area contributed by atoms with E-state index >= 15 is 0 Å². The van der Waals surface area contributed by atoms with Gasteiger partial charge in [-0.1, -0.05) is 37.1 Å². The molecule has 5 aliphatic rings. The minimum absolute atomic E-state index is 0.528. The molecule has 5 rings (SSSR count). The highest BCUT2D eigenvalue weighted by Crippen LogP contribution is 2.67. The molecular formula is C27H40. The summed E-state index contributed by atoms with van der Waals surface area (Å²) in [5, 5.41) is 0. The van der Waals surface area contributed by atoms with Crippen molar-refractivity contribution in [3.8, 4) is 0 Å². The third-order valence-corrected chi connectivity index (χ3v) is 9.60. The lowest BCUT2D eigenvalue weighted by atomic mass is 9.46. The third-order valence-electron chi connectivity index (χ3n) is 9.60. The van der Waals surface area contributed by atoms with Gasteiger partial charge in [0.25, 0.3) is 0 Å². The van der Waals surface area contributed by atoms with Gasteiger partial charge in [0.05, 0.1) is 0 Å². The van der Waals surface area contributed by atoms with Gasteiger partial charge in [0, 0.05) is 0 Å². The second kappa shape index (κ2) is 7.09. The summed E-state index contributed by atoms with van der Waals surface area (Å²) in [5.41, 5.74) is 6.52. The Labute approximate surface area is 167 Å². The molecule has 0 heteroatoms. The number of fused-ring (bicyclic) bond motifs is 5. The van der Waals surface area contributed by atoms with Gasteiger partial charge in [-0.2, -0.15) is 0 Å². The van der Waals surface area contributed by atoms with E-state index in [9.17, 15) is 0 Å². The molecule has 6 atom stereocenters. The first kappa shape index (κ1) is 19.3. The molecule has 148 valence electrons. The summed E-state index contributed by atoms with van der Waals surface area (Å²) >= 11 is 0. The van der Waals surface area contributed by atoms with Gasteiger partial charge in [-0.05, 0) is 111 Å². The number of rotatable bonds is 2. The van der Waals surface area contributed by atoms with Crippen LogP contribution in [0, 0.1) is 34.5 Å². The Morgan fingerprint density at radius 3 is 2.44 bits per heavy atom. The van der Waals surface area contributed by atoms with Crippen molar-refractivity contribution in [1.82, 2.24) is 0 Å². The molecule has 4 fully saturated rings. The van der Waals surface area contributed by atoms with Crippen molar-refractivity contribution in [1.29, 1.82) is 0 Å². The van der Waals surface area contributed by atoms with Crippen LogP contribution in [0.1, 0.15) is 84.5 Å². The highest BCUT2D eigenvalue weighted by atomic mass is 14.6. The van der Waals surface area contributed by atoms with Crippen LogP contribution >= 0.6 is 0 Å². The van der Waals surface area contributed by atoms with Gasteiger partial charge in [-0.25, -0.2) is 0 Å². The van der Waals surface area contributed by atoms with Crippen LogP contribution in [0.25, 0.3) is 0 Å². The molecule has 0 amide bonds. The van der Waals surface area contributed by atoms with E-state index < -0.39 is 0 Å². The molecule has 0 radical (unpaired) electrons. The average Bonchev–Trinajstić information content (AvgIpc) is 3.47. The lowest BCUT2D eigenvalue weighted by Crippen LogP contribution is -2.50. The second-order valence-electron chi connectivity index (χ2n) is 10.5. The lowest BCUT2D eigenvalue weighted by molar-refractivity contribution is -0.0494.